The minimum atomic E-state index is -1.62. The number of carbonyl (C=O) groups excluding carboxylic acids is 4. The number of nitrogens with two attached hydrogens (primary N) is 1. The normalized spacial score (nSPS) is 19.4. The summed E-state index contributed by atoms with van der Waals surface area (Å²) in [7, 11) is 0. The minimum Gasteiger partial charge on any atom is -0.666 e. The van der Waals surface area contributed by atoms with Crippen molar-refractivity contribution in [3.63, 3.8) is 0 Å². The summed E-state index contributed by atoms with van der Waals surface area (Å²) in [6.45, 7) is 0. The number of hydrogen-bond acceptors (Lipinski definition) is 7. The molecule has 0 fully saturated rings. The molecule has 1 radical (unpaired) electrons. The number of rotatable bonds is 10. The number of urea groups is 1. The number of anilines is 1. The first kappa shape index (κ1) is 31.1. The van der Waals surface area contributed by atoms with E-state index >= 15 is 0 Å². The van der Waals surface area contributed by atoms with Gasteiger partial charge in [0.25, 0.3) is 0 Å². The van der Waals surface area contributed by atoms with Crippen LogP contribution in [0.2, 0.25) is 0 Å². The number of carboxylic acids is 2. The van der Waals surface area contributed by atoms with Crippen LogP contribution >= 0.6 is 0 Å². The Balaban J connectivity index is 0.00000507. The summed E-state index contributed by atoms with van der Waals surface area (Å²) in [5, 5.41) is 26.5. The van der Waals surface area contributed by atoms with Gasteiger partial charge >= 0.3 is 18.0 Å². The van der Waals surface area contributed by atoms with Gasteiger partial charge in [-0.15, -0.1) is 0 Å². The van der Waals surface area contributed by atoms with Crippen LogP contribution in [0.4, 0.5) is 10.5 Å². The Kier molecular flexibility index (Phi) is 11.2. The zero-order valence-corrected chi connectivity index (χ0v) is 24.8. The molecule has 2 aliphatic rings. The van der Waals surface area contributed by atoms with Gasteiger partial charge in [-0.3, -0.25) is 28.9 Å². The maximum absolute atomic E-state index is 13.6. The number of primary amides is 1. The smallest absolute Gasteiger partial charge is 0.332 e. The van der Waals surface area contributed by atoms with Crippen LogP contribution in [-0.4, -0.2) is 76.3 Å². The summed E-state index contributed by atoms with van der Waals surface area (Å²) in [4.78, 5) is 73.4. The van der Waals surface area contributed by atoms with Gasteiger partial charge in [-0.1, -0.05) is 18.2 Å². The average molecular weight is 743 g/mol. The predicted octanol–water partition coefficient (Wildman–Crippen LogP) is -1.12. The summed E-state index contributed by atoms with van der Waals surface area (Å²) in [6.07, 6.45) is 0.356. The third kappa shape index (κ3) is 7.71. The van der Waals surface area contributed by atoms with E-state index in [1.165, 1.54) is 4.90 Å². The Labute approximate surface area is 252 Å². The summed E-state index contributed by atoms with van der Waals surface area (Å²) >= 11 is 0. The Morgan fingerprint density at radius 3 is 2.45 bits per heavy atom. The van der Waals surface area contributed by atoms with Gasteiger partial charge in [-0.25, -0.2) is 10.2 Å². The molecule has 1 aromatic carbocycles. The summed E-state index contributed by atoms with van der Waals surface area (Å²) in [5.41, 5.74) is 16.6. The molecule has 1 aromatic rings. The Bertz CT molecular complexity index is 1160. The molecule has 38 heavy (non-hydrogen) atoms. The van der Waals surface area contributed by atoms with Gasteiger partial charge in [0, 0.05) is 63.1 Å². The van der Waals surface area contributed by atoms with Gasteiger partial charge in [0.1, 0.15) is 12.1 Å². The molecule has 4 atom stereocenters. The van der Waals surface area contributed by atoms with Crippen LogP contribution in [0.1, 0.15) is 30.4 Å². The number of para-hydroxylation sites is 1. The van der Waals surface area contributed by atoms with Crippen molar-refractivity contribution in [2.75, 3.05) is 4.90 Å². The van der Waals surface area contributed by atoms with Crippen molar-refractivity contribution in [1.82, 2.24) is 16.1 Å². The fourth-order valence-electron chi connectivity index (χ4n) is 4.31. The maximum Gasteiger partial charge on any atom is 0.332 e. The molecule has 16 heteroatoms. The number of nitrogens with one attached hydrogen (secondary N) is 4. The van der Waals surface area contributed by atoms with E-state index in [4.69, 9.17) is 16.6 Å². The second-order valence-electron chi connectivity index (χ2n) is 8.57. The standard InChI is InChI=1S/C22H26N7O8.Ac/c23-13(8-17(32)33)19(34)27-14-5-4-10-2-1-3-11-6-15(29(18(10)11)21(14)36)20(35)26-12(7-16(30)31)9-25-28-22(24)37;/h1-3,9,12-15,23H,4-8H2,(H,26,35)(H,27,34)(H,30,31)(H,32,33)(H3,24,28,37);/q-1;/b25-9+;/t12-,13-,14-,15-;/m0./s1. The van der Waals surface area contributed by atoms with E-state index in [-0.39, 0.29) is 56.9 Å². The van der Waals surface area contributed by atoms with Crippen LogP contribution in [0.25, 0.3) is 5.73 Å². The molecule has 0 saturated carbocycles. The molecule has 8 N–H and O–H groups in total. The van der Waals surface area contributed by atoms with Crippen molar-refractivity contribution >= 4 is 47.6 Å². The fraction of sp³-hybridized carbons (Fsp3) is 0.409. The number of aryl methyl sites for hydroxylation is 1. The van der Waals surface area contributed by atoms with Crippen LogP contribution in [0.3, 0.4) is 0 Å². The van der Waals surface area contributed by atoms with E-state index < -0.39 is 72.7 Å². The molecule has 201 valence electrons. The molecule has 3 rings (SSSR count). The first-order valence-corrected chi connectivity index (χ1v) is 11.3. The van der Waals surface area contributed by atoms with Gasteiger partial charge in [0.2, 0.25) is 17.7 Å². The van der Waals surface area contributed by atoms with Crippen LogP contribution < -0.4 is 26.7 Å². The van der Waals surface area contributed by atoms with E-state index in [2.05, 4.69) is 15.7 Å². The number of carboxylic acid groups (broad SMARTS) is 2. The summed E-state index contributed by atoms with van der Waals surface area (Å²) in [5.74, 6) is -4.82. The van der Waals surface area contributed by atoms with E-state index in [9.17, 15) is 33.9 Å². The zero-order valence-electron chi connectivity index (χ0n) is 20.0. The third-order valence-electron chi connectivity index (χ3n) is 5.87. The van der Waals surface area contributed by atoms with Crippen LogP contribution in [0, 0.1) is 44.1 Å². The number of hydrazone groups is 1. The quantitative estimate of drug-likeness (QED) is 0.126. The summed E-state index contributed by atoms with van der Waals surface area (Å²) in [6, 6.07) is -0.622. The average Bonchev–Trinajstić information content (AvgIpc) is 3.14. The Morgan fingerprint density at radius 2 is 1.82 bits per heavy atom. The second-order valence-corrected chi connectivity index (χ2v) is 8.57. The molecule has 5 amide bonds. The first-order valence-electron chi connectivity index (χ1n) is 11.3. The molecule has 0 bridgehead atoms. The predicted molar refractivity (Wildman–Crippen MR) is 127 cm³/mol. The van der Waals surface area contributed by atoms with E-state index in [1.807, 2.05) is 5.43 Å². The number of aliphatic carboxylic acids is 2. The second kappa shape index (κ2) is 13.6. The molecule has 2 heterocycles. The molecular weight excluding hydrogens is 717 g/mol. The van der Waals surface area contributed by atoms with Crippen LogP contribution in [0.15, 0.2) is 23.3 Å². The SMILES string of the molecule is [Ac].[NH-][C@@H](CC(=O)O)C(=O)N[C@H]1CCc2cccc3c2N(C1=O)[C@H](C(=O)N[C@H](/C=N/NC(N)=O)CC(=O)O)C3. The van der Waals surface area contributed by atoms with Crippen molar-refractivity contribution in [1.29, 1.82) is 0 Å². The molecule has 0 saturated heterocycles. The maximum atomic E-state index is 13.6. The monoisotopic (exact) mass is 743 g/mol. The van der Waals surface area contributed by atoms with E-state index in [1.54, 1.807) is 18.2 Å². The van der Waals surface area contributed by atoms with E-state index in [0.29, 0.717) is 17.7 Å². The molecule has 0 aliphatic carbocycles. The summed E-state index contributed by atoms with van der Waals surface area (Å²) < 4.78 is 0. The number of benzene rings is 1. The molecular formula is C22H26AcN7O8-. The Hall–Kier alpha value is -3.09. The molecule has 0 spiro atoms. The molecule has 0 unspecified atom stereocenters. The molecule has 15 nitrogen and oxygen atoms in total. The topological polar surface area (TPSA) is 244 Å². The van der Waals surface area contributed by atoms with Gasteiger partial charge in [-0.2, -0.15) is 5.10 Å². The number of amides is 5. The number of carbonyl (C=O) groups is 6. The van der Waals surface area contributed by atoms with E-state index in [0.717, 1.165) is 11.8 Å². The van der Waals surface area contributed by atoms with Gasteiger partial charge in [0.15, 0.2) is 0 Å². The molecule has 0 aromatic heterocycles. The number of nitrogens with zero attached hydrogens (tertiary/aromatic N) is 2. The minimum absolute atomic E-state index is 0. The fourth-order valence-corrected chi connectivity index (χ4v) is 4.31. The van der Waals surface area contributed by atoms with Crippen molar-refractivity contribution in [2.45, 2.75) is 56.3 Å². The molecule has 2 aliphatic heterocycles. The van der Waals surface area contributed by atoms with Crippen LogP contribution in [0.5, 0.6) is 0 Å². The van der Waals surface area contributed by atoms with Crippen molar-refractivity contribution in [2.24, 2.45) is 10.8 Å². The van der Waals surface area contributed by atoms with Gasteiger partial charge < -0.3 is 32.3 Å². The third-order valence-corrected chi connectivity index (χ3v) is 5.87. The van der Waals surface area contributed by atoms with Crippen molar-refractivity contribution < 1.29 is 83.0 Å². The largest absolute Gasteiger partial charge is 0.666 e. The Morgan fingerprint density at radius 1 is 1.16 bits per heavy atom. The van der Waals surface area contributed by atoms with Crippen molar-refractivity contribution in [3.8, 4) is 0 Å². The van der Waals surface area contributed by atoms with Crippen molar-refractivity contribution in [3.05, 3.63) is 35.1 Å². The number of hydrogen-bond donors (Lipinski definition) is 6. The first-order chi connectivity index (χ1) is 17.5. The van der Waals surface area contributed by atoms with Crippen LogP contribution in [-0.2, 0) is 36.8 Å². The zero-order chi connectivity index (χ0) is 27.3. The van der Waals surface area contributed by atoms with Gasteiger partial charge in [0.05, 0.1) is 18.2 Å². The van der Waals surface area contributed by atoms with Gasteiger partial charge in [-0.05, 0) is 30.0 Å².